The summed E-state index contributed by atoms with van der Waals surface area (Å²) in [6, 6.07) is 52.2. The number of halogens is 1. The molecular formula is C44H33F. The molecule has 0 nitrogen and oxygen atoms in total. The molecule has 0 aliphatic carbocycles. The van der Waals surface area contributed by atoms with E-state index in [1.807, 2.05) is 18.2 Å². The molecular weight excluding hydrogens is 547 g/mol. The molecule has 0 atom stereocenters. The highest BCUT2D eigenvalue weighted by atomic mass is 19.1. The van der Waals surface area contributed by atoms with E-state index in [1.54, 1.807) is 13.8 Å². The molecule has 0 saturated carbocycles. The maximum atomic E-state index is 15.0. The van der Waals surface area contributed by atoms with Crippen LogP contribution in [-0.4, -0.2) is 0 Å². The minimum Gasteiger partial charge on any atom is -0.239 e. The normalized spacial score (nSPS) is 12.0. The Bertz CT molecular complexity index is 2410. The quantitative estimate of drug-likeness (QED) is 0.143. The third kappa shape index (κ3) is 4.59. The van der Waals surface area contributed by atoms with Gasteiger partial charge in [0.2, 0.25) is 0 Å². The van der Waals surface area contributed by atoms with Crippen LogP contribution in [0.1, 0.15) is 25.0 Å². The first-order chi connectivity index (χ1) is 21.9. The first-order valence-electron chi connectivity index (χ1n) is 15.6. The minimum absolute atomic E-state index is 0.681. The Morgan fingerprint density at radius 1 is 0.422 bits per heavy atom. The number of benzene rings is 8. The third-order valence-corrected chi connectivity index (χ3v) is 9.28. The highest BCUT2D eigenvalue weighted by molar-refractivity contribution is 6.26. The van der Waals surface area contributed by atoms with Crippen LogP contribution >= 0.6 is 0 Å². The van der Waals surface area contributed by atoms with E-state index in [9.17, 15) is 0 Å². The number of alkyl halides is 1. The molecule has 0 saturated heterocycles. The molecule has 8 rings (SSSR count). The fourth-order valence-corrected chi connectivity index (χ4v) is 7.01. The minimum atomic E-state index is -1.42. The van der Waals surface area contributed by atoms with E-state index in [1.165, 1.54) is 70.9 Å². The van der Waals surface area contributed by atoms with Gasteiger partial charge in [-0.2, -0.15) is 0 Å². The summed E-state index contributed by atoms with van der Waals surface area (Å²) in [7, 11) is 0. The molecule has 1 heteroatoms. The zero-order chi connectivity index (χ0) is 30.7. The Balaban J connectivity index is 1.53. The van der Waals surface area contributed by atoms with E-state index in [0.29, 0.717) is 5.56 Å². The molecule has 0 radical (unpaired) electrons. The second-order valence-corrected chi connectivity index (χ2v) is 12.7. The lowest BCUT2D eigenvalue weighted by Crippen LogP contribution is -2.08. The fourth-order valence-electron chi connectivity index (χ4n) is 7.01. The lowest BCUT2D eigenvalue weighted by Gasteiger charge is -2.21. The molecule has 0 spiro atoms. The van der Waals surface area contributed by atoms with Crippen molar-refractivity contribution >= 4 is 43.1 Å². The summed E-state index contributed by atoms with van der Waals surface area (Å²) in [5.74, 6) is 0. The van der Waals surface area contributed by atoms with Gasteiger partial charge in [-0.15, -0.1) is 0 Å². The van der Waals surface area contributed by atoms with E-state index >= 15 is 4.39 Å². The van der Waals surface area contributed by atoms with E-state index < -0.39 is 5.67 Å². The highest BCUT2D eigenvalue weighted by Gasteiger charge is 2.21. The number of aryl methyl sites for hydroxylation is 1. The van der Waals surface area contributed by atoms with Gasteiger partial charge in [0.15, 0.2) is 0 Å². The van der Waals surface area contributed by atoms with Crippen LogP contribution in [0.15, 0.2) is 146 Å². The van der Waals surface area contributed by atoms with Crippen molar-refractivity contribution in [2.75, 3.05) is 0 Å². The summed E-state index contributed by atoms with van der Waals surface area (Å²) in [4.78, 5) is 0. The van der Waals surface area contributed by atoms with Crippen LogP contribution in [0, 0.1) is 6.92 Å². The van der Waals surface area contributed by atoms with Crippen molar-refractivity contribution in [2.45, 2.75) is 26.4 Å². The Hall–Kier alpha value is -5.27. The van der Waals surface area contributed by atoms with Gasteiger partial charge in [0.1, 0.15) is 5.67 Å². The molecule has 0 fully saturated rings. The highest BCUT2D eigenvalue weighted by Crippen LogP contribution is 2.47. The molecule has 0 aliphatic heterocycles. The molecule has 0 N–H and O–H groups in total. The maximum absolute atomic E-state index is 15.0. The van der Waals surface area contributed by atoms with Crippen LogP contribution in [0.2, 0.25) is 0 Å². The Morgan fingerprint density at radius 2 is 1.00 bits per heavy atom. The van der Waals surface area contributed by atoms with Crippen molar-refractivity contribution in [1.82, 2.24) is 0 Å². The summed E-state index contributed by atoms with van der Waals surface area (Å²) in [5.41, 5.74) is 7.47. The van der Waals surface area contributed by atoms with Crippen LogP contribution in [0.25, 0.3) is 76.5 Å². The molecule has 0 heterocycles. The lowest BCUT2D eigenvalue weighted by molar-refractivity contribution is 0.221. The molecule has 45 heavy (non-hydrogen) atoms. The molecule has 0 unspecified atom stereocenters. The van der Waals surface area contributed by atoms with Crippen LogP contribution < -0.4 is 0 Å². The average molecular weight is 581 g/mol. The average Bonchev–Trinajstić information content (AvgIpc) is 3.07. The van der Waals surface area contributed by atoms with E-state index in [0.717, 1.165) is 11.1 Å². The number of hydrogen-bond acceptors (Lipinski definition) is 0. The Kier molecular flexibility index (Phi) is 6.32. The topological polar surface area (TPSA) is 0 Å². The van der Waals surface area contributed by atoms with Crippen LogP contribution in [0.4, 0.5) is 4.39 Å². The van der Waals surface area contributed by atoms with Gasteiger partial charge in [-0.25, -0.2) is 4.39 Å². The smallest absolute Gasteiger partial charge is 0.130 e. The molecule has 0 bridgehead atoms. The molecule has 0 amide bonds. The Labute approximate surface area is 263 Å². The van der Waals surface area contributed by atoms with Crippen LogP contribution in [-0.2, 0) is 5.67 Å². The van der Waals surface area contributed by atoms with Crippen LogP contribution in [0.3, 0.4) is 0 Å². The third-order valence-electron chi connectivity index (χ3n) is 9.28. The maximum Gasteiger partial charge on any atom is 0.130 e. The zero-order valence-corrected chi connectivity index (χ0v) is 25.7. The van der Waals surface area contributed by atoms with Crippen molar-refractivity contribution in [3.05, 3.63) is 157 Å². The van der Waals surface area contributed by atoms with Crippen LogP contribution in [0.5, 0.6) is 0 Å². The van der Waals surface area contributed by atoms with Crippen molar-refractivity contribution < 1.29 is 4.39 Å². The van der Waals surface area contributed by atoms with Gasteiger partial charge in [0.05, 0.1) is 0 Å². The van der Waals surface area contributed by atoms with Crippen molar-refractivity contribution in [3.63, 3.8) is 0 Å². The van der Waals surface area contributed by atoms with Gasteiger partial charge >= 0.3 is 0 Å². The summed E-state index contributed by atoms with van der Waals surface area (Å²) < 4.78 is 15.0. The second kappa shape index (κ2) is 10.4. The standard InChI is InChI=1S/C44H33F/c1-28-19-21-29(22-20-28)42-37-17-8-9-18-38(37)43(40-27-32-11-4-5-14-34(32)35-15-6-7-16-36(35)40)39-24-23-31(26-41(39)42)30-12-10-13-33(25-30)44(2,3)45/h4-27H,1-3H3. The molecule has 8 aromatic rings. The monoisotopic (exact) mass is 580 g/mol. The van der Waals surface area contributed by atoms with Gasteiger partial charge in [0.25, 0.3) is 0 Å². The molecule has 216 valence electrons. The van der Waals surface area contributed by atoms with Gasteiger partial charge in [0, 0.05) is 0 Å². The zero-order valence-electron chi connectivity index (χ0n) is 25.7. The first-order valence-corrected chi connectivity index (χ1v) is 15.6. The molecule has 0 aliphatic rings. The van der Waals surface area contributed by atoms with Gasteiger partial charge in [-0.1, -0.05) is 133 Å². The van der Waals surface area contributed by atoms with Crippen molar-refractivity contribution in [2.24, 2.45) is 0 Å². The van der Waals surface area contributed by atoms with Gasteiger partial charge < -0.3 is 0 Å². The summed E-state index contributed by atoms with van der Waals surface area (Å²) in [5, 5.41) is 9.84. The lowest BCUT2D eigenvalue weighted by atomic mass is 9.83. The van der Waals surface area contributed by atoms with Crippen molar-refractivity contribution in [1.29, 1.82) is 0 Å². The SMILES string of the molecule is Cc1ccc(-c2c3ccccc3c(-c3cc4ccccc4c4ccccc34)c3ccc(-c4cccc(C(C)(C)F)c4)cc23)cc1. The summed E-state index contributed by atoms with van der Waals surface area (Å²) >= 11 is 0. The molecule has 0 aromatic heterocycles. The number of fused-ring (bicyclic) bond motifs is 5. The largest absolute Gasteiger partial charge is 0.239 e. The van der Waals surface area contributed by atoms with Crippen molar-refractivity contribution in [3.8, 4) is 33.4 Å². The van der Waals surface area contributed by atoms with Gasteiger partial charge in [-0.3, -0.25) is 0 Å². The van der Waals surface area contributed by atoms with E-state index in [2.05, 4.69) is 134 Å². The van der Waals surface area contributed by atoms with E-state index in [4.69, 9.17) is 0 Å². The summed E-state index contributed by atoms with van der Waals surface area (Å²) in [6.07, 6.45) is 0. The summed E-state index contributed by atoms with van der Waals surface area (Å²) in [6.45, 7) is 5.37. The predicted molar refractivity (Wildman–Crippen MR) is 192 cm³/mol. The Morgan fingerprint density at radius 3 is 1.73 bits per heavy atom. The number of hydrogen-bond donors (Lipinski definition) is 0. The molecule has 8 aromatic carbocycles. The first kappa shape index (κ1) is 27.3. The predicted octanol–water partition coefficient (Wildman–Crippen LogP) is 12.8. The number of rotatable bonds is 4. The van der Waals surface area contributed by atoms with E-state index in [-0.39, 0.29) is 0 Å². The second-order valence-electron chi connectivity index (χ2n) is 12.7. The van der Waals surface area contributed by atoms with Gasteiger partial charge in [-0.05, 0) is 121 Å². The fraction of sp³-hybridized carbons (Fsp3) is 0.0909.